The molecule has 4 heteroatoms. The first kappa shape index (κ1) is 14.2. The van der Waals surface area contributed by atoms with Gasteiger partial charge < -0.3 is 10.2 Å². The van der Waals surface area contributed by atoms with Crippen LogP contribution in [0, 0.1) is 0 Å². The van der Waals surface area contributed by atoms with E-state index in [4.69, 9.17) is 22.4 Å². The van der Waals surface area contributed by atoms with E-state index in [0.717, 1.165) is 11.3 Å². The van der Waals surface area contributed by atoms with Crippen molar-refractivity contribution in [3.05, 3.63) is 29.8 Å². The van der Waals surface area contributed by atoms with Gasteiger partial charge in [0.15, 0.2) is 0 Å². The largest absolute Gasteiger partial charge is 0.543 e. The molecule has 0 aliphatic rings. The van der Waals surface area contributed by atoms with Crippen molar-refractivity contribution < 1.29 is 4.43 Å². The van der Waals surface area contributed by atoms with Crippen LogP contribution in [0.5, 0.6) is 5.75 Å². The summed E-state index contributed by atoms with van der Waals surface area (Å²) in [5, 5.41) is 0.187. The van der Waals surface area contributed by atoms with Crippen molar-refractivity contribution in [2.75, 3.05) is 0 Å². The topological polar surface area (TPSA) is 35.2 Å². The Balaban J connectivity index is 2.96. The molecule has 0 radical (unpaired) electrons. The van der Waals surface area contributed by atoms with E-state index in [0.29, 0.717) is 4.99 Å². The second-order valence-electron chi connectivity index (χ2n) is 5.75. The van der Waals surface area contributed by atoms with E-state index < -0.39 is 8.32 Å². The minimum atomic E-state index is -1.79. The molecule has 94 valence electrons. The molecule has 0 aliphatic carbocycles. The summed E-state index contributed by atoms with van der Waals surface area (Å²) in [4.78, 5) is 0.408. The van der Waals surface area contributed by atoms with Crippen molar-refractivity contribution >= 4 is 25.5 Å². The Morgan fingerprint density at radius 2 is 1.88 bits per heavy atom. The lowest BCUT2D eigenvalue weighted by molar-refractivity contribution is 0.492. The quantitative estimate of drug-likeness (QED) is 0.670. The normalized spacial score (nSPS) is 12.3. The summed E-state index contributed by atoms with van der Waals surface area (Å²) in [6, 6.07) is 7.71. The molecule has 0 spiro atoms. The van der Waals surface area contributed by atoms with Gasteiger partial charge in [0.05, 0.1) is 0 Å². The van der Waals surface area contributed by atoms with E-state index in [1.54, 1.807) is 0 Å². The smallest absolute Gasteiger partial charge is 0.250 e. The molecule has 0 bridgehead atoms. The van der Waals surface area contributed by atoms with E-state index in [2.05, 4.69) is 33.9 Å². The van der Waals surface area contributed by atoms with Gasteiger partial charge in [-0.15, -0.1) is 0 Å². The van der Waals surface area contributed by atoms with Crippen LogP contribution in [0.4, 0.5) is 0 Å². The minimum Gasteiger partial charge on any atom is -0.543 e. The predicted molar refractivity (Wildman–Crippen MR) is 80.2 cm³/mol. The second-order valence-corrected chi connectivity index (χ2v) is 10.9. The van der Waals surface area contributed by atoms with Gasteiger partial charge in [-0.3, -0.25) is 0 Å². The number of hydrogen-bond acceptors (Lipinski definition) is 2. The van der Waals surface area contributed by atoms with Crippen molar-refractivity contribution in [2.24, 2.45) is 5.73 Å². The zero-order chi connectivity index (χ0) is 13.3. The van der Waals surface area contributed by atoms with Crippen molar-refractivity contribution in [3.63, 3.8) is 0 Å². The summed E-state index contributed by atoms with van der Waals surface area (Å²) in [6.07, 6.45) is 0. The fourth-order valence-electron chi connectivity index (χ4n) is 1.16. The van der Waals surface area contributed by atoms with Gasteiger partial charge in [0.25, 0.3) is 0 Å². The molecule has 0 saturated heterocycles. The SMILES string of the molecule is CC(C)(C)[Si](C)(C)Oc1cccc(C(N)=S)c1. The van der Waals surface area contributed by atoms with Crippen LogP contribution in [0.15, 0.2) is 24.3 Å². The molecule has 0 aromatic heterocycles. The Morgan fingerprint density at radius 3 is 2.35 bits per heavy atom. The van der Waals surface area contributed by atoms with Crippen LogP contribution in [0.1, 0.15) is 26.3 Å². The monoisotopic (exact) mass is 267 g/mol. The number of benzene rings is 1. The van der Waals surface area contributed by atoms with E-state index in [1.807, 2.05) is 24.3 Å². The zero-order valence-corrected chi connectivity index (χ0v) is 13.0. The summed E-state index contributed by atoms with van der Waals surface area (Å²) in [5.41, 5.74) is 6.48. The first-order chi connectivity index (χ1) is 7.63. The fourth-order valence-corrected chi connectivity index (χ4v) is 2.31. The highest BCUT2D eigenvalue weighted by atomic mass is 32.1. The molecule has 1 aromatic rings. The lowest BCUT2D eigenvalue weighted by Gasteiger charge is -2.36. The van der Waals surface area contributed by atoms with Crippen molar-refractivity contribution in [2.45, 2.75) is 38.9 Å². The molecular weight excluding hydrogens is 246 g/mol. The van der Waals surface area contributed by atoms with Gasteiger partial charge in [0.1, 0.15) is 10.7 Å². The standard InChI is InChI=1S/C13H21NOSSi/c1-13(2,3)17(4,5)15-11-8-6-7-10(9-11)12(14)16/h6-9H,1-5H3,(H2,14,16). The molecule has 0 amide bonds. The van der Waals surface area contributed by atoms with E-state index >= 15 is 0 Å². The Bertz CT molecular complexity index is 424. The molecule has 0 heterocycles. The molecule has 17 heavy (non-hydrogen) atoms. The summed E-state index contributed by atoms with van der Waals surface area (Å²) in [6.45, 7) is 11.1. The lowest BCUT2D eigenvalue weighted by Crippen LogP contribution is -2.43. The number of nitrogens with two attached hydrogens (primary N) is 1. The number of rotatable bonds is 3. The summed E-state index contributed by atoms with van der Waals surface area (Å²) >= 11 is 4.97. The third kappa shape index (κ3) is 3.54. The Labute approximate surface area is 110 Å². The molecule has 2 nitrogen and oxygen atoms in total. The molecule has 1 aromatic carbocycles. The van der Waals surface area contributed by atoms with Crippen LogP contribution in [0.2, 0.25) is 18.1 Å². The first-order valence-electron chi connectivity index (χ1n) is 5.72. The molecule has 2 N–H and O–H groups in total. The molecule has 1 rings (SSSR count). The van der Waals surface area contributed by atoms with Gasteiger partial charge >= 0.3 is 0 Å². The van der Waals surface area contributed by atoms with Crippen LogP contribution in [0.3, 0.4) is 0 Å². The van der Waals surface area contributed by atoms with Crippen LogP contribution in [-0.2, 0) is 0 Å². The number of thiocarbonyl (C=S) groups is 1. The highest BCUT2D eigenvalue weighted by Gasteiger charge is 2.38. The summed E-state index contributed by atoms with van der Waals surface area (Å²) in [7, 11) is -1.79. The van der Waals surface area contributed by atoms with E-state index in [9.17, 15) is 0 Å². The highest BCUT2D eigenvalue weighted by molar-refractivity contribution is 7.80. The van der Waals surface area contributed by atoms with Gasteiger partial charge in [0, 0.05) is 5.56 Å². The van der Waals surface area contributed by atoms with Crippen LogP contribution in [-0.4, -0.2) is 13.3 Å². The molecule has 0 aliphatic heterocycles. The van der Waals surface area contributed by atoms with Gasteiger partial charge in [0.2, 0.25) is 8.32 Å². The van der Waals surface area contributed by atoms with E-state index in [-0.39, 0.29) is 5.04 Å². The molecule has 0 fully saturated rings. The maximum atomic E-state index is 6.18. The average molecular weight is 267 g/mol. The highest BCUT2D eigenvalue weighted by Crippen LogP contribution is 2.37. The van der Waals surface area contributed by atoms with Crippen molar-refractivity contribution in [3.8, 4) is 5.75 Å². The van der Waals surface area contributed by atoms with Gasteiger partial charge in [-0.25, -0.2) is 0 Å². The van der Waals surface area contributed by atoms with Crippen LogP contribution >= 0.6 is 12.2 Å². The third-order valence-corrected chi connectivity index (χ3v) is 7.89. The van der Waals surface area contributed by atoms with Gasteiger partial charge in [-0.05, 0) is 30.3 Å². The molecular formula is C13H21NOSSi. The van der Waals surface area contributed by atoms with E-state index in [1.165, 1.54) is 0 Å². The Morgan fingerprint density at radius 1 is 1.29 bits per heavy atom. The Kier molecular flexibility index (Phi) is 3.99. The fraction of sp³-hybridized carbons (Fsp3) is 0.462. The second kappa shape index (κ2) is 4.78. The maximum absolute atomic E-state index is 6.18. The Hall–Kier alpha value is -0.873. The molecule has 0 atom stereocenters. The molecule has 0 unspecified atom stereocenters. The predicted octanol–water partition coefficient (Wildman–Crippen LogP) is 3.70. The number of hydrogen-bond donors (Lipinski definition) is 1. The van der Waals surface area contributed by atoms with Gasteiger partial charge in [-0.1, -0.05) is 45.1 Å². The average Bonchev–Trinajstić information content (AvgIpc) is 2.15. The van der Waals surface area contributed by atoms with Crippen LogP contribution < -0.4 is 10.2 Å². The molecule has 0 saturated carbocycles. The zero-order valence-electron chi connectivity index (χ0n) is 11.2. The summed E-state index contributed by atoms with van der Waals surface area (Å²) < 4.78 is 6.18. The van der Waals surface area contributed by atoms with Crippen LogP contribution in [0.25, 0.3) is 0 Å². The van der Waals surface area contributed by atoms with Crippen molar-refractivity contribution in [1.82, 2.24) is 0 Å². The third-order valence-electron chi connectivity index (χ3n) is 3.30. The first-order valence-corrected chi connectivity index (χ1v) is 9.04. The van der Waals surface area contributed by atoms with Gasteiger partial charge in [-0.2, -0.15) is 0 Å². The lowest BCUT2D eigenvalue weighted by atomic mass is 10.2. The maximum Gasteiger partial charge on any atom is 0.250 e. The minimum absolute atomic E-state index is 0.187. The van der Waals surface area contributed by atoms with Crippen molar-refractivity contribution in [1.29, 1.82) is 0 Å². The summed E-state index contributed by atoms with van der Waals surface area (Å²) in [5.74, 6) is 0.863.